The smallest absolute Gasteiger partial charge is 0.269 e. The summed E-state index contributed by atoms with van der Waals surface area (Å²) in [5.74, 6) is -0.176. The van der Waals surface area contributed by atoms with Gasteiger partial charge >= 0.3 is 0 Å². The van der Waals surface area contributed by atoms with Crippen LogP contribution in [0.5, 0.6) is 0 Å². The third-order valence-electron chi connectivity index (χ3n) is 2.50. The highest BCUT2D eigenvalue weighted by Gasteiger charge is 2.13. The van der Waals surface area contributed by atoms with Crippen molar-refractivity contribution in [1.29, 1.82) is 0 Å². The summed E-state index contributed by atoms with van der Waals surface area (Å²) in [7, 11) is 1.69. The molecule has 0 heterocycles. The number of rotatable bonds is 4. The van der Waals surface area contributed by atoms with Crippen LogP contribution >= 0.6 is 0 Å². The van der Waals surface area contributed by atoms with Gasteiger partial charge in [0, 0.05) is 17.8 Å². The van der Waals surface area contributed by atoms with Crippen LogP contribution < -0.4 is 10.6 Å². The fourth-order valence-electron chi connectivity index (χ4n) is 1.27. The first kappa shape index (κ1) is 13.1. The minimum Gasteiger partial charge on any atom is -0.324 e. The van der Waals surface area contributed by atoms with Gasteiger partial charge in [-0.2, -0.15) is 0 Å². The van der Waals surface area contributed by atoms with Gasteiger partial charge in [-0.05, 0) is 32.5 Å². The van der Waals surface area contributed by atoms with Crippen molar-refractivity contribution in [2.45, 2.75) is 19.9 Å². The number of hydrogen-bond donors (Lipinski definition) is 2. The zero-order chi connectivity index (χ0) is 13.0. The molecule has 6 heteroatoms. The molecule has 1 amide bonds. The molecule has 0 fully saturated rings. The zero-order valence-corrected chi connectivity index (χ0v) is 9.98. The maximum Gasteiger partial charge on any atom is 0.269 e. The summed E-state index contributed by atoms with van der Waals surface area (Å²) >= 11 is 0. The number of carbonyl (C=O) groups excluding carboxylic acids is 1. The van der Waals surface area contributed by atoms with E-state index in [4.69, 9.17) is 0 Å². The van der Waals surface area contributed by atoms with E-state index >= 15 is 0 Å². The van der Waals surface area contributed by atoms with Crippen molar-refractivity contribution < 1.29 is 9.72 Å². The Bertz CT molecular complexity index is 446. The predicted molar refractivity (Wildman–Crippen MR) is 65.0 cm³/mol. The van der Waals surface area contributed by atoms with Gasteiger partial charge in [0.1, 0.15) is 0 Å². The Labute approximate surface area is 99.2 Å². The number of anilines is 1. The number of nitro groups is 1. The molecule has 0 aliphatic carbocycles. The first-order valence-corrected chi connectivity index (χ1v) is 5.19. The summed E-state index contributed by atoms with van der Waals surface area (Å²) < 4.78 is 0. The van der Waals surface area contributed by atoms with Gasteiger partial charge in [-0.25, -0.2) is 0 Å². The van der Waals surface area contributed by atoms with Crippen LogP contribution in [0.4, 0.5) is 11.4 Å². The number of hydrogen-bond acceptors (Lipinski definition) is 4. The molecule has 1 atom stereocenters. The van der Waals surface area contributed by atoms with Crippen LogP contribution in [-0.4, -0.2) is 23.9 Å². The molecule has 0 spiro atoms. The Morgan fingerprint density at radius 1 is 1.47 bits per heavy atom. The molecule has 0 aliphatic rings. The van der Waals surface area contributed by atoms with Gasteiger partial charge in [0.05, 0.1) is 11.0 Å². The maximum absolute atomic E-state index is 11.6. The number of aryl methyl sites for hydroxylation is 1. The number of likely N-dealkylation sites (N-methyl/N-ethyl adjacent to an activating group) is 1. The van der Waals surface area contributed by atoms with Crippen LogP contribution in [-0.2, 0) is 4.79 Å². The second-order valence-corrected chi connectivity index (χ2v) is 3.76. The molecular formula is C11H15N3O3. The molecule has 1 rings (SSSR count). The van der Waals surface area contributed by atoms with Crippen LogP contribution in [0.25, 0.3) is 0 Å². The molecule has 0 aromatic heterocycles. The van der Waals surface area contributed by atoms with Crippen molar-refractivity contribution >= 4 is 17.3 Å². The van der Waals surface area contributed by atoms with Gasteiger partial charge in [-0.1, -0.05) is 0 Å². The number of amides is 1. The summed E-state index contributed by atoms with van der Waals surface area (Å²) in [6.45, 7) is 3.45. The van der Waals surface area contributed by atoms with E-state index in [9.17, 15) is 14.9 Å². The summed E-state index contributed by atoms with van der Waals surface area (Å²) in [6.07, 6.45) is 0. The van der Waals surface area contributed by atoms with E-state index in [-0.39, 0.29) is 17.6 Å². The van der Waals surface area contributed by atoms with E-state index < -0.39 is 4.92 Å². The average molecular weight is 237 g/mol. The lowest BCUT2D eigenvalue weighted by Gasteiger charge is -2.12. The van der Waals surface area contributed by atoms with Gasteiger partial charge in [-0.3, -0.25) is 14.9 Å². The molecule has 2 N–H and O–H groups in total. The highest BCUT2D eigenvalue weighted by atomic mass is 16.6. The molecule has 92 valence electrons. The van der Waals surface area contributed by atoms with E-state index in [0.29, 0.717) is 11.3 Å². The SMILES string of the molecule is CNC(C)C(=O)Nc1ccc([N+](=O)[O-])cc1C. The third kappa shape index (κ3) is 3.25. The van der Waals surface area contributed by atoms with Crippen molar-refractivity contribution in [3.8, 4) is 0 Å². The molecule has 1 aromatic rings. The molecule has 0 bridgehead atoms. The normalized spacial score (nSPS) is 11.9. The molecule has 0 radical (unpaired) electrons. The fourth-order valence-corrected chi connectivity index (χ4v) is 1.27. The first-order valence-electron chi connectivity index (χ1n) is 5.19. The van der Waals surface area contributed by atoms with Crippen LogP contribution in [0.3, 0.4) is 0 Å². The standard InChI is InChI=1S/C11H15N3O3/c1-7-6-9(14(16)17)4-5-10(7)13-11(15)8(2)12-3/h4-6,8,12H,1-3H3,(H,13,15). The first-order chi connectivity index (χ1) is 7.95. The van der Waals surface area contributed by atoms with Crippen molar-refractivity contribution in [2.75, 3.05) is 12.4 Å². The minimum absolute atomic E-state index is 0.0159. The third-order valence-corrected chi connectivity index (χ3v) is 2.50. The second-order valence-electron chi connectivity index (χ2n) is 3.76. The van der Waals surface area contributed by atoms with Gasteiger partial charge in [0.15, 0.2) is 0 Å². The number of nitrogens with one attached hydrogen (secondary N) is 2. The molecule has 0 saturated carbocycles. The number of nitrogens with zero attached hydrogens (tertiary/aromatic N) is 1. The molecular weight excluding hydrogens is 222 g/mol. The van der Waals surface area contributed by atoms with Crippen molar-refractivity contribution in [3.05, 3.63) is 33.9 Å². The van der Waals surface area contributed by atoms with E-state index in [1.54, 1.807) is 20.9 Å². The van der Waals surface area contributed by atoms with E-state index in [1.165, 1.54) is 18.2 Å². The van der Waals surface area contributed by atoms with E-state index in [2.05, 4.69) is 10.6 Å². The fraction of sp³-hybridized carbons (Fsp3) is 0.364. The van der Waals surface area contributed by atoms with Gasteiger partial charge in [-0.15, -0.1) is 0 Å². The zero-order valence-electron chi connectivity index (χ0n) is 9.98. The summed E-state index contributed by atoms with van der Waals surface area (Å²) in [4.78, 5) is 21.7. The Balaban J connectivity index is 2.86. The van der Waals surface area contributed by atoms with Gasteiger partial charge in [0.2, 0.25) is 5.91 Å². The van der Waals surface area contributed by atoms with Crippen LogP contribution in [0, 0.1) is 17.0 Å². The molecule has 0 saturated heterocycles. The lowest BCUT2D eigenvalue weighted by molar-refractivity contribution is -0.384. The molecule has 17 heavy (non-hydrogen) atoms. The quantitative estimate of drug-likeness (QED) is 0.613. The largest absolute Gasteiger partial charge is 0.324 e. The Morgan fingerprint density at radius 2 is 2.12 bits per heavy atom. The Hall–Kier alpha value is -1.95. The van der Waals surface area contributed by atoms with Gasteiger partial charge in [0.25, 0.3) is 5.69 Å². The Kier molecular flexibility index (Phi) is 4.17. The summed E-state index contributed by atoms with van der Waals surface area (Å²) in [6, 6.07) is 4.02. The highest BCUT2D eigenvalue weighted by Crippen LogP contribution is 2.21. The van der Waals surface area contributed by atoms with Crippen LogP contribution in [0.2, 0.25) is 0 Å². The maximum atomic E-state index is 11.6. The second kappa shape index (κ2) is 5.40. The van der Waals surface area contributed by atoms with Crippen molar-refractivity contribution in [2.24, 2.45) is 0 Å². The number of carbonyl (C=O) groups is 1. The minimum atomic E-state index is -0.463. The van der Waals surface area contributed by atoms with E-state index in [0.717, 1.165) is 0 Å². The van der Waals surface area contributed by atoms with Crippen LogP contribution in [0.15, 0.2) is 18.2 Å². The Morgan fingerprint density at radius 3 is 2.59 bits per heavy atom. The molecule has 6 nitrogen and oxygen atoms in total. The lowest BCUT2D eigenvalue weighted by Crippen LogP contribution is -2.35. The van der Waals surface area contributed by atoms with Crippen molar-refractivity contribution in [3.63, 3.8) is 0 Å². The van der Waals surface area contributed by atoms with Crippen LogP contribution in [0.1, 0.15) is 12.5 Å². The number of non-ortho nitro benzene ring substituents is 1. The van der Waals surface area contributed by atoms with Crippen molar-refractivity contribution in [1.82, 2.24) is 5.32 Å². The average Bonchev–Trinajstić information content (AvgIpc) is 2.30. The van der Waals surface area contributed by atoms with Gasteiger partial charge < -0.3 is 10.6 Å². The molecule has 1 aromatic carbocycles. The molecule has 0 aliphatic heterocycles. The lowest BCUT2D eigenvalue weighted by atomic mass is 10.1. The predicted octanol–water partition coefficient (Wildman–Crippen LogP) is 1.45. The molecule has 1 unspecified atom stereocenters. The summed E-state index contributed by atoms with van der Waals surface area (Å²) in [5.41, 5.74) is 1.26. The number of nitro benzene ring substituents is 1. The van der Waals surface area contributed by atoms with E-state index in [1.807, 2.05) is 0 Å². The monoisotopic (exact) mass is 237 g/mol. The highest BCUT2D eigenvalue weighted by molar-refractivity contribution is 5.95. The topological polar surface area (TPSA) is 84.3 Å². The summed E-state index contributed by atoms with van der Waals surface area (Å²) in [5, 5.41) is 16.1. The number of benzene rings is 1.